The Bertz CT molecular complexity index is 1010. The number of carbonyl (C=O) groups is 2. The maximum atomic E-state index is 12.7. The molecular weight excluding hydrogens is 364 g/mol. The number of carbonyl (C=O) groups excluding carboxylic acids is 2. The van der Waals surface area contributed by atoms with E-state index in [0.29, 0.717) is 5.02 Å². The third-order valence-electron chi connectivity index (χ3n) is 4.90. The molecule has 27 heavy (non-hydrogen) atoms. The highest BCUT2D eigenvalue weighted by atomic mass is 35.5. The quantitative estimate of drug-likeness (QED) is 0.639. The van der Waals surface area contributed by atoms with Gasteiger partial charge in [-0.3, -0.25) is 4.79 Å². The summed E-state index contributed by atoms with van der Waals surface area (Å²) in [5.41, 5.74) is 2.80. The van der Waals surface area contributed by atoms with Crippen LogP contribution in [0.5, 0.6) is 0 Å². The van der Waals surface area contributed by atoms with Gasteiger partial charge in [-0.05, 0) is 42.7 Å². The highest BCUT2D eigenvalue weighted by molar-refractivity contribution is 6.31. The van der Waals surface area contributed by atoms with Crippen LogP contribution in [0.1, 0.15) is 32.3 Å². The van der Waals surface area contributed by atoms with Gasteiger partial charge in [0.2, 0.25) is 5.91 Å². The maximum absolute atomic E-state index is 12.7. The van der Waals surface area contributed by atoms with Gasteiger partial charge in [0.15, 0.2) is 0 Å². The molecule has 2 aromatic carbocycles. The van der Waals surface area contributed by atoms with E-state index in [1.165, 1.54) is 7.11 Å². The summed E-state index contributed by atoms with van der Waals surface area (Å²) in [7, 11) is 1.32. The number of hydrogen-bond donors (Lipinski definition) is 2. The molecule has 1 unspecified atom stereocenters. The average Bonchev–Trinajstić information content (AvgIpc) is 3.01. The summed E-state index contributed by atoms with van der Waals surface area (Å²) < 4.78 is 4.79. The Morgan fingerprint density at radius 3 is 2.44 bits per heavy atom. The number of methoxy groups -OCH3 is 1. The predicted octanol–water partition coefficient (Wildman–Crippen LogP) is 4.39. The molecule has 0 saturated carbocycles. The molecule has 5 nitrogen and oxygen atoms in total. The fourth-order valence-electron chi connectivity index (χ4n) is 3.22. The van der Waals surface area contributed by atoms with Gasteiger partial charge < -0.3 is 15.0 Å². The van der Waals surface area contributed by atoms with Crippen LogP contribution >= 0.6 is 11.6 Å². The smallest absolute Gasteiger partial charge is 0.328 e. The molecule has 3 rings (SSSR count). The molecule has 2 N–H and O–H groups in total. The minimum absolute atomic E-state index is 0.0606. The molecule has 2 atom stereocenters. The van der Waals surface area contributed by atoms with Gasteiger partial charge >= 0.3 is 5.97 Å². The Balaban J connectivity index is 1.88. The molecule has 1 aromatic heterocycles. The number of aromatic amines is 1. The molecule has 0 aliphatic rings. The van der Waals surface area contributed by atoms with Gasteiger partial charge in [0.05, 0.1) is 13.0 Å². The van der Waals surface area contributed by atoms with Crippen LogP contribution in [0.15, 0.2) is 36.4 Å². The van der Waals surface area contributed by atoms with Crippen LogP contribution < -0.4 is 5.32 Å². The van der Waals surface area contributed by atoms with Gasteiger partial charge in [-0.25, -0.2) is 4.79 Å². The number of H-pyrrole nitrogens is 1. The van der Waals surface area contributed by atoms with Crippen molar-refractivity contribution in [1.29, 1.82) is 0 Å². The predicted molar refractivity (Wildman–Crippen MR) is 108 cm³/mol. The number of fused-ring (bicyclic) bond motifs is 3. The molecule has 0 aliphatic carbocycles. The van der Waals surface area contributed by atoms with E-state index in [1.807, 2.05) is 57.2 Å². The van der Waals surface area contributed by atoms with Crippen LogP contribution in [0.25, 0.3) is 21.8 Å². The molecule has 6 heteroatoms. The summed E-state index contributed by atoms with van der Waals surface area (Å²) >= 11 is 6.11. The van der Waals surface area contributed by atoms with E-state index in [1.54, 1.807) is 0 Å². The minimum Gasteiger partial charge on any atom is -0.467 e. The third-order valence-corrected chi connectivity index (χ3v) is 5.13. The number of esters is 1. The molecule has 1 amide bonds. The Labute approximate surface area is 163 Å². The van der Waals surface area contributed by atoms with Crippen molar-refractivity contribution >= 4 is 45.3 Å². The summed E-state index contributed by atoms with van der Waals surface area (Å²) in [6, 6.07) is 10.9. The lowest BCUT2D eigenvalue weighted by molar-refractivity contribution is -0.146. The molecule has 3 aromatic rings. The van der Waals surface area contributed by atoms with E-state index < -0.39 is 17.9 Å². The minimum atomic E-state index is -0.663. The van der Waals surface area contributed by atoms with Crippen LogP contribution in [-0.2, 0) is 14.3 Å². The van der Waals surface area contributed by atoms with Crippen molar-refractivity contribution in [2.75, 3.05) is 7.11 Å². The number of aromatic nitrogens is 1. The number of amides is 1. The molecule has 0 radical (unpaired) electrons. The molecule has 0 fully saturated rings. The van der Waals surface area contributed by atoms with E-state index in [4.69, 9.17) is 16.3 Å². The lowest BCUT2D eigenvalue weighted by Crippen LogP contribution is -2.46. The SMILES string of the molecule is COC(=O)[C@@H](NC(=O)C(C)c1ccc2c(c1)[nH]c1ccc(Cl)cc12)C(C)C. The first-order valence-electron chi connectivity index (χ1n) is 8.91. The number of ether oxygens (including phenoxy) is 1. The third kappa shape index (κ3) is 3.78. The maximum Gasteiger partial charge on any atom is 0.328 e. The van der Waals surface area contributed by atoms with Gasteiger partial charge in [-0.1, -0.05) is 37.6 Å². The molecular formula is C21H23ClN2O3. The normalized spacial score (nSPS) is 13.7. The second kappa shape index (κ2) is 7.61. The first kappa shape index (κ1) is 19.2. The lowest BCUT2D eigenvalue weighted by Gasteiger charge is -2.22. The van der Waals surface area contributed by atoms with Gasteiger partial charge in [-0.15, -0.1) is 0 Å². The molecule has 0 aliphatic heterocycles. The monoisotopic (exact) mass is 386 g/mol. The molecule has 142 valence electrons. The number of hydrogen-bond acceptors (Lipinski definition) is 3. The van der Waals surface area contributed by atoms with Crippen LogP contribution in [0.2, 0.25) is 5.02 Å². The van der Waals surface area contributed by atoms with Crippen LogP contribution in [0.3, 0.4) is 0 Å². The molecule has 1 heterocycles. The van der Waals surface area contributed by atoms with Crippen molar-refractivity contribution in [3.05, 3.63) is 47.0 Å². The van der Waals surface area contributed by atoms with E-state index in [2.05, 4.69) is 10.3 Å². The number of nitrogens with one attached hydrogen (secondary N) is 2. The van der Waals surface area contributed by atoms with Crippen molar-refractivity contribution in [2.45, 2.75) is 32.7 Å². The Hall–Kier alpha value is -2.53. The summed E-state index contributed by atoms with van der Waals surface area (Å²) in [5.74, 6) is -1.11. The second-order valence-electron chi connectivity index (χ2n) is 7.10. The lowest BCUT2D eigenvalue weighted by atomic mass is 9.97. The zero-order valence-electron chi connectivity index (χ0n) is 15.8. The Morgan fingerprint density at radius 2 is 1.78 bits per heavy atom. The first-order valence-corrected chi connectivity index (χ1v) is 9.28. The first-order chi connectivity index (χ1) is 12.8. The molecule has 0 spiro atoms. The Morgan fingerprint density at radius 1 is 1.04 bits per heavy atom. The van der Waals surface area contributed by atoms with Gasteiger partial charge in [0.25, 0.3) is 0 Å². The molecule has 0 bridgehead atoms. The van der Waals surface area contributed by atoms with E-state index in [0.717, 1.165) is 27.4 Å². The van der Waals surface area contributed by atoms with E-state index >= 15 is 0 Å². The van der Waals surface area contributed by atoms with Gasteiger partial charge in [-0.2, -0.15) is 0 Å². The number of rotatable bonds is 5. The Kier molecular flexibility index (Phi) is 5.42. The van der Waals surface area contributed by atoms with Gasteiger partial charge in [0.1, 0.15) is 6.04 Å². The zero-order chi connectivity index (χ0) is 19.7. The van der Waals surface area contributed by atoms with Crippen molar-refractivity contribution in [2.24, 2.45) is 5.92 Å². The number of halogens is 1. The van der Waals surface area contributed by atoms with Crippen LogP contribution in [0.4, 0.5) is 0 Å². The molecule has 0 saturated heterocycles. The highest BCUT2D eigenvalue weighted by Crippen LogP contribution is 2.30. The topological polar surface area (TPSA) is 71.2 Å². The number of benzene rings is 2. The fourth-order valence-corrected chi connectivity index (χ4v) is 3.39. The van der Waals surface area contributed by atoms with Crippen molar-refractivity contribution in [3.8, 4) is 0 Å². The summed E-state index contributed by atoms with van der Waals surface area (Å²) in [4.78, 5) is 27.9. The summed E-state index contributed by atoms with van der Waals surface area (Å²) in [5, 5.41) is 5.59. The van der Waals surface area contributed by atoms with Crippen LogP contribution in [0, 0.1) is 5.92 Å². The largest absolute Gasteiger partial charge is 0.467 e. The van der Waals surface area contributed by atoms with E-state index in [9.17, 15) is 9.59 Å². The summed E-state index contributed by atoms with van der Waals surface area (Å²) in [6.45, 7) is 5.56. The van der Waals surface area contributed by atoms with Crippen molar-refractivity contribution < 1.29 is 14.3 Å². The van der Waals surface area contributed by atoms with Crippen LogP contribution in [-0.4, -0.2) is 30.0 Å². The highest BCUT2D eigenvalue weighted by Gasteiger charge is 2.27. The average molecular weight is 387 g/mol. The fraction of sp³-hybridized carbons (Fsp3) is 0.333. The second-order valence-corrected chi connectivity index (χ2v) is 7.53. The van der Waals surface area contributed by atoms with Crippen molar-refractivity contribution in [3.63, 3.8) is 0 Å². The summed E-state index contributed by atoms with van der Waals surface area (Å²) in [6.07, 6.45) is 0. The van der Waals surface area contributed by atoms with Crippen molar-refractivity contribution in [1.82, 2.24) is 10.3 Å². The zero-order valence-corrected chi connectivity index (χ0v) is 16.6. The standard InChI is InChI=1S/C21H23ClN2O3/c1-11(2)19(21(26)27-4)24-20(25)12(3)13-5-7-15-16-10-14(22)6-8-17(16)23-18(15)9-13/h5-12,19,23H,1-4H3,(H,24,25)/t12?,19-/m0/s1. The van der Waals surface area contributed by atoms with Gasteiger partial charge in [0, 0.05) is 26.8 Å². The van der Waals surface area contributed by atoms with E-state index in [-0.39, 0.29) is 11.8 Å².